The average Bonchev–Trinajstić information content (AvgIpc) is 3.37. The second-order valence-corrected chi connectivity index (χ2v) is 11.7. The molecule has 4 aromatic rings. The number of anilines is 1. The summed E-state index contributed by atoms with van der Waals surface area (Å²) in [6, 6.07) is 18.3. The number of carbonyl (C=O) groups is 2. The lowest BCUT2D eigenvalue weighted by atomic mass is 9.85. The highest BCUT2D eigenvalue weighted by Gasteiger charge is 2.27. The van der Waals surface area contributed by atoms with Crippen molar-refractivity contribution in [3.05, 3.63) is 105 Å². The van der Waals surface area contributed by atoms with Crippen LogP contribution in [0.25, 0.3) is 16.7 Å². The highest BCUT2D eigenvalue weighted by molar-refractivity contribution is 7.13. The fraction of sp³-hybridized carbons (Fsp3) is 0.212. The zero-order valence-corrected chi connectivity index (χ0v) is 24.3. The summed E-state index contributed by atoms with van der Waals surface area (Å²) in [6.45, 7) is 8.21. The molecule has 0 spiro atoms. The summed E-state index contributed by atoms with van der Waals surface area (Å²) in [5, 5.41) is 3.55. The summed E-state index contributed by atoms with van der Waals surface area (Å²) in [5.41, 5.74) is 4.87. The molecule has 0 unspecified atom stereocenters. The van der Waals surface area contributed by atoms with Gasteiger partial charge in [-0.2, -0.15) is 0 Å². The lowest BCUT2D eigenvalue weighted by Gasteiger charge is -2.33. The molecule has 0 bridgehead atoms. The van der Waals surface area contributed by atoms with Crippen LogP contribution in [-0.4, -0.2) is 24.6 Å². The fourth-order valence-electron chi connectivity index (χ4n) is 5.10. The van der Waals surface area contributed by atoms with E-state index >= 15 is 0 Å². The highest BCUT2D eigenvalue weighted by atomic mass is 32.1. The number of esters is 2. The van der Waals surface area contributed by atoms with E-state index in [9.17, 15) is 14.0 Å². The maximum Gasteiger partial charge on any atom is 0.348 e. The van der Waals surface area contributed by atoms with Gasteiger partial charge in [-0.05, 0) is 81.3 Å². The van der Waals surface area contributed by atoms with Gasteiger partial charge in [0.2, 0.25) is 0 Å². The number of rotatable bonds is 7. The van der Waals surface area contributed by atoms with Gasteiger partial charge < -0.3 is 19.5 Å². The number of carbonyl (C=O) groups excluding carboxylic acids is 2. The maximum atomic E-state index is 14.1. The van der Waals surface area contributed by atoms with Crippen LogP contribution in [0.5, 0.6) is 11.5 Å². The summed E-state index contributed by atoms with van der Waals surface area (Å²) < 4.78 is 31.1. The van der Waals surface area contributed by atoms with Crippen molar-refractivity contribution in [3.8, 4) is 22.6 Å². The van der Waals surface area contributed by atoms with Crippen molar-refractivity contribution < 1.29 is 28.2 Å². The van der Waals surface area contributed by atoms with E-state index in [1.54, 1.807) is 30.3 Å². The van der Waals surface area contributed by atoms with Crippen molar-refractivity contribution in [2.75, 3.05) is 12.4 Å². The van der Waals surface area contributed by atoms with Crippen molar-refractivity contribution in [1.29, 1.82) is 0 Å². The van der Waals surface area contributed by atoms with E-state index < -0.39 is 11.8 Å². The third-order valence-corrected chi connectivity index (χ3v) is 7.78. The quantitative estimate of drug-likeness (QED) is 0.179. The van der Waals surface area contributed by atoms with Crippen molar-refractivity contribution in [2.45, 2.75) is 39.8 Å². The molecule has 1 N–H and O–H groups in total. The second kappa shape index (κ2) is 11.2. The summed E-state index contributed by atoms with van der Waals surface area (Å²) in [5.74, 6) is -1.21. The van der Waals surface area contributed by atoms with E-state index in [2.05, 4.69) is 25.2 Å². The van der Waals surface area contributed by atoms with Gasteiger partial charge in [0.15, 0.2) is 0 Å². The zero-order valence-electron chi connectivity index (χ0n) is 23.5. The molecule has 0 fully saturated rings. The minimum atomic E-state index is -0.808. The number of thiophene rings is 1. The third-order valence-electron chi connectivity index (χ3n) is 6.80. The number of aryl methyl sites for hydroxylation is 1. The van der Waals surface area contributed by atoms with Gasteiger partial charge in [0.25, 0.3) is 0 Å². The van der Waals surface area contributed by atoms with Crippen LogP contribution in [0.1, 0.15) is 56.8 Å². The van der Waals surface area contributed by atoms with Crippen LogP contribution in [-0.2, 0) is 11.3 Å². The molecule has 2 heterocycles. The normalized spacial score (nSPS) is 13.5. The first-order valence-corrected chi connectivity index (χ1v) is 13.9. The van der Waals surface area contributed by atoms with Gasteiger partial charge in [-0.3, -0.25) is 0 Å². The number of nitrogens with one attached hydrogen (secondary N) is 1. The molecule has 8 heteroatoms. The van der Waals surface area contributed by atoms with Crippen LogP contribution in [0.3, 0.4) is 0 Å². The summed E-state index contributed by atoms with van der Waals surface area (Å²) in [6.07, 6.45) is 2.15. The van der Waals surface area contributed by atoms with Gasteiger partial charge in [0, 0.05) is 33.3 Å². The van der Waals surface area contributed by atoms with Gasteiger partial charge >= 0.3 is 11.9 Å². The molecule has 0 amide bonds. The Kier molecular flexibility index (Phi) is 7.69. The molecule has 5 rings (SSSR count). The number of methoxy groups -OCH3 is 1. The van der Waals surface area contributed by atoms with E-state index in [4.69, 9.17) is 14.2 Å². The molecule has 1 aromatic heterocycles. The zero-order chi connectivity index (χ0) is 29.3. The number of allylic oxidation sites excluding steroid dienone is 1. The number of benzene rings is 3. The van der Waals surface area contributed by atoms with Gasteiger partial charge in [0.05, 0.1) is 18.2 Å². The van der Waals surface area contributed by atoms with E-state index in [0.717, 1.165) is 38.4 Å². The molecule has 0 aliphatic carbocycles. The molecular weight excluding hydrogens is 541 g/mol. The molecule has 0 saturated heterocycles. The largest absolute Gasteiger partial charge is 0.496 e. The number of hydrogen-bond acceptors (Lipinski definition) is 7. The fourth-order valence-corrected chi connectivity index (χ4v) is 5.86. The van der Waals surface area contributed by atoms with Crippen LogP contribution < -0.4 is 14.8 Å². The van der Waals surface area contributed by atoms with E-state index in [1.807, 2.05) is 32.0 Å². The molecule has 3 aromatic carbocycles. The van der Waals surface area contributed by atoms with Crippen LogP contribution in [0.15, 0.2) is 72.8 Å². The van der Waals surface area contributed by atoms with Crippen molar-refractivity contribution >= 4 is 34.5 Å². The number of halogens is 1. The lowest BCUT2D eigenvalue weighted by molar-refractivity contribution is 0.0478. The van der Waals surface area contributed by atoms with Crippen molar-refractivity contribution in [2.24, 2.45) is 0 Å². The molecule has 1 aliphatic heterocycles. The smallest absolute Gasteiger partial charge is 0.348 e. The molecule has 6 nitrogen and oxygen atoms in total. The highest BCUT2D eigenvalue weighted by Crippen LogP contribution is 2.43. The minimum absolute atomic E-state index is 0.0365. The molecule has 210 valence electrons. The summed E-state index contributed by atoms with van der Waals surface area (Å²) >= 11 is 1.39. The Morgan fingerprint density at radius 1 is 0.951 bits per heavy atom. The molecule has 1 aliphatic rings. The van der Waals surface area contributed by atoms with Gasteiger partial charge in [-0.15, -0.1) is 11.3 Å². The Morgan fingerprint density at radius 3 is 2.41 bits per heavy atom. The molecule has 0 radical (unpaired) electrons. The first-order valence-electron chi connectivity index (χ1n) is 13.1. The molecule has 0 atom stereocenters. The third kappa shape index (κ3) is 5.88. The topological polar surface area (TPSA) is 73.9 Å². The SMILES string of the molecule is COc1cc(OC(=O)c2ccccc2F)ccc1-c1ccc2c(c1COC(=O)c1ccc(C)s1)C(C)=CC(C)(C)N2. The predicted molar refractivity (Wildman–Crippen MR) is 159 cm³/mol. The van der Waals surface area contributed by atoms with Gasteiger partial charge in [-0.25, -0.2) is 14.0 Å². The monoisotopic (exact) mass is 571 g/mol. The maximum absolute atomic E-state index is 14.1. The molecule has 0 saturated carbocycles. The lowest BCUT2D eigenvalue weighted by Crippen LogP contribution is -2.32. The Bertz CT molecular complexity index is 1690. The first-order chi connectivity index (χ1) is 19.6. The minimum Gasteiger partial charge on any atom is -0.496 e. The number of hydrogen-bond donors (Lipinski definition) is 1. The average molecular weight is 572 g/mol. The predicted octanol–water partition coefficient (Wildman–Crippen LogP) is 8.05. The standard InChI is InChI=1S/C33H30FNO5S/c1-19-17-33(3,4)35-27-14-13-22(25(30(19)27)18-39-32(37)29-15-10-20(2)41-29)23-12-11-21(16-28(23)38-5)40-31(36)24-8-6-7-9-26(24)34/h6-17,35H,18H2,1-5H3. The molecule has 41 heavy (non-hydrogen) atoms. The van der Waals surface area contributed by atoms with E-state index in [1.165, 1.54) is 36.6 Å². The Labute approximate surface area is 242 Å². The van der Waals surface area contributed by atoms with E-state index in [0.29, 0.717) is 10.6 Å². The Balaban J connectivity index is 1.53. The van der Waals surface area contributed by atoms with Crippen LogP contribution in [0.4, 0.5) is 10.1 Å². The Hall–Kier alpha value is -4.43. The number of fused-ring (bicyclic) bond motifs is 1. The van der Waals surface area contributed by atoms with Crippen LogP contribution in [0, 0.1) is 12.7 Å². The Morgan fingerprint density at radius 2 is 1.71 bits per heavy atom. The van der Waals surface area contributed by atoms with Gasteiger partial charge in [0.1, 0.15) is 28.8 Å². The van der Waals surface area contributed by atoms with Crippen molar-refractivity contribution in [1.82, 2.24) is 0 Å². The summed E-state index contributed by atoms with van der Waals surface area (Å²) in [7, 11) is 1.52. The second-order valence-electron chi connectivity index (χ2n) is 10.4. The first kappa shape index (κ1) is 28.1. The summed E-state index contributed by atoms with van der Waals surface area (Å²) in [4.78, 5) is 27.1. The molecular formula is C33H30FNO5S. The van der Waals surface area contributed by atoms with Crippen LogP contribution in [0.2, 0.25) is 0 Å². The van der Waals surface area contributed by atoms with E-state index in [-0.39, 0.29) is 29.4 Å². The van der Waals surface area contributed by atoms with Crippen molar-refractivity contribution in [3.63, 3.8) is 0 Å². The van der Waals surface area contributed by atoms with Crippen LogP contribution >= 0.6 is 11.3 Å². The number of ether oxygens (including phenoxy) is 3. The van der Waals surface area contributed by atoms with Gasteiger partial charge in [-0.1, -0.05) is 24.3 Å².